The number of thiophene rings is 1. The lowest BCUT2D eigenvalue weighted by Crippen LogP contribution is -2.43. The van der Waals surface area contributed by atoms with Crippen LogP contribution in [0.2, 0.25) is 0 Å². The van der Waals surface area contributed by atoms with Gasteiger partial charge >= 0.3 is 0 Å². The highest BCUT2D eigenvalue weighted by molar-refractivity contribution is 7.12. The van der Waals surface area contributed by atoms with Gasteiger partial charge in [-0.25, -0.2) is 0 Å². The number of benzene rings is 1. The molecule has 1 aliphatic heterocycles. The van der Waals surface area contributed by atoms with Crippen molar-refractivity contribution in [1.82, 2.24) is 15.1 Å². The van der Waals surface area contributed by atoms with Gasteiger partial charge in [-0.2, -0.15) is 0 Å². The molecule has 6 nitrogen and oxygen atoms in total. The van der Waals surface area contributed by atoms with Crippen LogP contribution >= 0.6 is 11.3 Å². The topological polar surface area (TPSA) is 64.7 Å². The van der Waals surface area contributed by atoms with Crippen LogP contribution in [-0.4, -0.2) is 60.9 Å². The van der Waals surface area contributed by atoms with E-state index in [1.54, 1.807) is 13.0 Å². The van der Waals surface area contributed by atoms with Crippen molar-refractivity contribution in [2.75, 3.05) is 38.5 Å². The smallest absolute Gasteiger partial charge is 0.261 e. The fourth-order valence-electron chi connectivity index (χ4n) is 2.95. The van der Waals surface area contributed by atoms with Crippen molar-refractivity contribution in [2.45, 2.75) is 19.5 Å². The van der Waals surface area contributed by atoms with Gasteiger partial charge in [0, 0.05) is 38.4 Å². The summed E-state index contributed by atoms with van der Waals surface area (Å²) in [6, 6.07) is 10.9. The van der Waals surface area contributed by atoms with Crippen LogP contribution in [0, 0.1) is 0 Å². The molecule has 1 aliphatic rings. The van der Waals surface area contributed by atoms with Crippen LogP contribution in [0.3, 0.4) is 0 Å². The molecule has 1 atom stereocenters. The molecule has 1 unspecified atom stereocenters. The van der Waals surface area contributed by atoms with Crippen LogP contribution in [-0.2, 0) is 11.3 Å². The number of carbonyl (C=O) groups is 2. The minimum atomic E-state index is -0.607. The highest BCUT2D eigenvalue weighted by Gasteiger charge is 2.17. The normalized spacial score (nSPS) is 16.7. The average molecular weight is 387 g/mol. The molecule has 0 saturated carbocycles. The van der Waals surface area contributed by atoms with Crippen LogP contribution in [0.1, 0.15) is 22.2 Å². The van der Waals surface area contributed by atoms with E-state index in [-0.39, 0.29) is 11.8 Å². The standard InChI is InChI=1S/C20H26N4O2S/c1-15(21-20(26)18-4-3-13-27-18)19(25)22-17-7-5-16(6-8-17)14-24-11-9-23(2)10-12-24/h3-8,13,15H,9-12,14H2,1-2H3,(H,21,26)(H,22,25). The van der Waals surface area contributed by atoms with Gasteiger partial charge in [0.1, 0.15) is 6.04 Å². The molecule has 2 N–H and O–H groups in total. The second kappa shape index (κ2) is 9.12. The molecule has 2 amide bonds. The Morgan fingerprint density at radius 1 is 1.11 bits per heavy atom. The Morgan fingerprint density at radius 2 is 1.81 bits per heavy atom. The first-order chi connectivity index (χ1) is 13.0. The van der Waals surface area contributed by atoms with E-state index in [0.717, 1.165) is 38.4 Å². The van der Waals surface area contributed by atoms with Crippen molar-refractivity contribution in [3.63, 3.8) is 0 Å². The number of anilines is 1. The van der Waals surface area contributed by atoms with Crippen LogP contribution in [0.15, 0.2) is 41.8 Å². The summed E-state index contributed by atoms with van der Waals surface area (Å²) in [5.74, 6) is -0.457. The predicted molar refractivity (Wildman–Crippen MR) is 109 cm³/mol. The fourth-order valence-corrected chi connectivity index (χ4v) is 3.58. The summed E-state index contributed by atoms with van der Waals surface area (Å²) in [5, 5.41) is 7.42. The van der Waals surface area contributed by atoms with Crippen molar-refractivity contribution in [1.29, 1.82) is 0 Å². The number of carbonyl (C=O) groups excluding carboxylic acids is 2. The van der Waals surface area contributed by atoms with E-state index < -0.39 is 6.04 Å². The van der Waals surface area contributed by atoms with Gasteiger partial charge < -0.3 is 15.5 Å². The molecule has 0 aliphatic carbocycles. The molecule has 1 saturated heterocycles. The molecular weight excluding hydrogens is 360 g/mol. The van der Waals surface area contributed by atoms with Crippen molar-refractivity contribution < 1.29 is 9.59 Å². The van der Waals surface area contributed by atoms with Crippen molar-refractivity contribution in [2.24, 2.45) is 0 Å². The number of hydrogen-bond acceptors (Lipinski definition) is 5. The molecule has 27 heavy (non-hydrogen) atoms. The number of likely N-dealkylation sites (N-methyl/N-ethyl adjacent to an activating group) is 1. The van der Waals surface area contributed by atoms with E-state index in [4.69, 9.17) is 0 Å². The average Bonchev–Trinajstić information content (AvgIpc) is 3.20. The first-order valence-electron chi connectivity index (χ1n) is 9.16. The van der Waals surface area contributed by atoms with Crippen LogP contribution in [0.4, 0.5) is 5.69 Å². The van der Waals surface area contributed by atoms with Crippen molar-refractivity contribution >= 4 is 28.8 Å². The molecule has 7 heteroatoms. The highest BCUT2D eigenvalue weighted by Crippen LogP contribution is 2.13. The van der Waals surface area contributed by atoms with E-state index in [0.29, 0.717) is 4.88 Å². The van der Waals surface area contributed by atoms with Crippen LogP contribution in [0.25, 0.3) is 0 Å². The lowest BCUT2D eigenvalue weighted by molar-refractivity contribution is -0.117. The quantitative estimate of drug-likeness (QED) is 0.799. The summed E-state index contributed by atoms with van der Waals surface area (Å²) in [5.41, 5.74) is 1.97. The van der Waals surface area contributed by atoms with E-state index in [2.05, 4.69) is 27.5 Å². The maximum absolute atomic E-state index is 12.3. The summed E-state index contributed by atoms with van der Waals surface area (Å²) in [4.78, 5) is 29.7. The predicted octanol–water partition coefficient (Wildman–Crippen LogP) is 2.25. The number of nitrogens with zero attached hydrogens (tertiary/aromatic N) is 2. The van der Waals surface area contributed by atoms with Crippen LogP contribution in [0.5, 0.6) is 0 Å². The minimum absolute atomic E-state index is 0.227. The molecule has 3 rings (SSSR count). The molecule has 0 spiro atoms. The Balaban J connectivity index is 1.48. The maximum atomic E-state index is 12.3. The number of piperazine rings is 1. The molecule has 1 fully saturated rings. The van der Waals surface area contributed by atoms with E-state index in [9.17, 15) is 9.59 Å². The van der Waals surface area contributed by atoms with E-state index >= 15 is 0 Å². The van der Waals surface area contributed by atoms with Gasteiger partial charge in [0.05, 0.1) is 4.88 Å². The molecule has 1 aromatic carbocycles. The molecular formula is C20H26N4O2S. The minimum Gasteiger partial charge on any atom is -0.340 e. The van der Waals surface area contributed by atoms with Gasteiger partial charge in [0.25, 0.3) is 5.91 Å². The second-order valence-electron chi connectivity index (χ2n) is 6.94. The summed E-state index contributed by atoms with van der Waals surface area (Å²) in [6.07, 6.45) is 0. The van der Waals surface area contributed by atoms with Gasteiger partial charge in [0.15, 0.2) is 0 Å². The van der Waals surface area contributed by atoms with Gasteiger partial charge in [0.2, 0.25) is 5.91 Å². The number of rotatable bonds is 6. The van der Waals surface area contributed by atoms with Crippen molar-refractivity contribution in [3.05, 3.63) is 52.2 Å². The molecule has 2 aromatic rings. The Labute approximate surface area is 164 Å². The monoisotopic (exact) mass is 386 g/mol. The summed E-state index contributed by atoms with van der Waals surface area (Å²) >= 11 is 1.35. The third-order valence-electron chi connectivity index (χ3n) is 4.71. The van der Waals surface area contributed by atoms with E-state index in [1.807, 2.05) is 35.7 Å². The zero-order chi connectivity index (χ0) is 19.2. The first-order valence-corrected chi connectivity index (χ1v) is 10.0. The molecule has 0 bridgehead atoms. The van der Waals surface area contributed by atoms with Crippen LogP contribution < -0.4 is 10.6 Å². The highest BCUT2D eigenvalue weighted by atomic mass is 32.1. The third-order valence-corrected chi connectivity index (χ3v) is 5.58. The lowest BCUT2D eigenvalue weighted by atomic mass is 10.1. The molecule has 0 radical (unpaired) electrons. The largest absolute Gasteiger partial charge is 0.340 e. The molecule has 1 aromatic heterocycles. The van der Waals surface area contributed by atoms with Crippen molar-refractivity contribution in [3.8, 4) is 0 Å². The Kier molecular flexibility index (Phi) is 6.60. The Morgan fingerprint density at radius 3 is 2.44 bits per heavy atom. The van der Waals surface area contributed by atoms with E-state index in [1.165, 1.54) is 16.9 Å². The van der Waals surface area contributed by atoms with Gasteiger partial charge in [-0.05, 0) is 43.1 Å². The van der Waals surface area contributed by atoms with Gasteiger partial charge in [-0.3, -0.25) is 14.5 Å². The Hall–Kier alpha value is -2.22. The first kappa shape index (κ1) is 19.5. The zero-order valence-corrected chi connectivity index (χ0v) is 16.6. The third kappa shape index (κ3) is 5.63. The molecule has 144 valence electrons. The number of nitrogens with one attached hydrogen (secondary N) is 2. The number of hydrogen-bond donors (Lipinski definition) is 2. The number of amides is 2. The summed E-state index contributed by atoms with van der Waals surface area (Å²) in [7, 11) is 2.15. The Bertz CT molecular complexity index is 753. The fraction of sp³-hybridized carbons (Fsp3) is 0.400. The lowest BCUT2D eigenvalue weighted by Gasteiger charge is -2.32. The van der Waals surface area contributed by atoms with Gasteiger partial charge in [-0.1, -0.05) is 18.2 Å². The van der Waals surface area contributed by atoms with Gasteiger partial charge in [-0.15, -0.1) is 11.3 Å². The maximum Gasteiger partial charge on any atom is 0.261 e. The zero-order valence-electron chi connectivity index (χ0n) is 15.8. The molecule has 2 heterocycles. The SMILES string of the molecule is CC(NC(=O)c1cccs1)C(=O)Nc1ccc(CN2CCN(C)CC2)cc1. The summed E-state index contributed by atoms with van der Waals surface area (Å²) in [6.45, 7) is 6.97. The second-order valence-corrected chi connectivity index (χ2v) is 7.89. The summed E-state index contributed by atoms with van der Waals surface area (Å²) < 4.78 is 0.